The first-order valence-corrected chi connectivity index (χ1v) is 11.6. The van der Waals surface area contributed by atoms with Crippen molar-refractivity contribution in [1.29, 1.82) is 0 Å². The second-order valence-corrected chi connectivity index (χ2v) is 9.11. The van der Waals surface area contributed by atoms with E-state index in [1.807, 2.05) is 0 Å². The van der Waals surface area contributed by atoms with Crippen LogP contribution in [0.1, 0.15) is 95.6 Å². The van der Waals surface area contributed by atoms with Crippen LogP contribution in [0.15, 0.2) is 12.1 Å². The van der Waals surface area contributed by atoms with E-state index in [0.29, 0.717) is 5.92 Å². The monoisotopic (exact) mass is 386 g/mol. The molecule has 0 saturated heterocycles. The number of unbranched alkanes of at least 4 members (excludes halogenated alkanes) is 1. The highest BCUT2D eigenvalue weighted by Gasteiger charge is 2.30. The highest BCUT2D eigenvalue weighted by Crippen LogP contribution is 2.41. The molecule has 2 aliphatic carbocycles. The molecule has 1 aromatic rings. The molecule has 0 N–H and O–H groups in total. The first-order chi connectivity index (χ1) is 13.6. The molecule has 0 nitrogen and oxygen atoms in total. The predicted molar refractivity (Wildman–Crippen MR) is 113 cm³/mol. The van der Waals surface area contributed by atoms with Crippen LogP contribution in [0, 0.1) is 47.1 Å². The number of rotatable bonds is 5. The molecule has 2 heteroatoms. The van der Waals surface area contributed by atoms with Gasteiger partial charge in [-0.2, -0.15) is 0 Å². The lowest BCUT2D eigenvalue weighted by Crippen LogP contribution is -2.25. The van der Waals surface area contributed by atoms with Crippen LogP contribution < -0.4 is 0 Å². The first-order valence-electron chi connectivity index (χ1n) is 11.6. The molecule has 3 rings (SSSR count). The van der Waals surface area contributed by atoms with E-state index in [1.54, 1.807) is 0 Å². The van der Waals surface area contributed by atoms with Gasteiger partial charge in [0.25, 0.3) is 0 Å². The van der Waals surface area contributed by atoms with Gasteiger partial charge in [0.15, 0.2) is 0 Å². The second-order valence-electron chi connectivity index (χ2n) is 9.11. The maximum absolute atomic E-state index is 14.3. The Morgan fingerprint density at radius 3 is 1.96 bits per heavy atom. The van der Waals surface area contributed by atoms with E-state index in [-0.39, 0.29) is 5.56 Å². The molecule has 0 radical (unpaired) electrons. The van der Waals surface area contributed by atoms with E-state index < -0.39 is 11.6 Å². The zero-order valence-electron chi connectivity index (χ0n) is 17.7. The normalized spacial score (nSPS) is 27.9. The molecule has 0 unspecified atom stereocenters. The number of aryl methyl sites for hydroxylation is 1. The van der Waals surface area contributed by atoms with Gasteiger partial charge in [-0.15, -0.1) is 0 Å². The number of halogens is 2. The summed E-state index contributed by atoms with van der Waals surface area (Å²) < 4.78 is 28.6. The van der Waals surface area contributed by atoms with Gasteiger partial charge in [-0.25, -0.2) is 8.78 Å². The SMILES string of the molecule is CCCCc1cc(F)c(C#C[C@H]2CC[C@H]([C@H]3CC[C@H](CC)CC3)CC2)c(F)c1. The van der Waals surface area contributed by atoms with E-state index in [1.165, 1.54) is 57.1 Å². The topological polar surface area (TPSA) is 0 Å². The fourth-order valence-electron chi connectivity index (χ4n) is 5.25. The number of benzene rings is 1. The number of hydrogen-bond donors (Lipinski definition) is 0. The average molecular weight is 387 g/mol. The summed E-state index contributed by atoms with van der Waals surface area (Å²) in [6.45, 7) is 4.40. The highest BCUT2D eigenvalue weighted by molar-refractivity contribution is 5.39. The zero-order chi connectivity index (χ0) is 19.9. The van der Waals surface area contributed by atoms with E-state index in [0.717, 1.165) is 55.4 Å². The fraction of sp³-hybridized carbons (Fsp3) is 0.692. The zero-order valence-corrected chi connectivity index (χ0v) is 17.7. The van der Waals surface area contributed by atoms with Crippen LogP contribution >= 0.6 is 0 Å². The summed E-state index contributed by atoms with van der Waals surface area (Å²) in [5.74, 6) is 8.04. The van der Waals surface area contributed by atoms with Gasteiger partial charge < -0.3 is 0 Å². The standard InChI is InChI=1S/C26H36F2/c1-3-5-6-21-17-25(27)24(26(28)18-21)16-11-20-9-14-23(15-10-20)22-12-7-19(4-2)8-13-22/h17-20,22-23H,3-10,12-15H2,1-2H3/t19-,20-,22-,23-. The third-order valence-corrected chi connectivity index (χ3v) is 7.23. The summed E-state index contributed by atoms with van der Waals surface area (Å²) in [4.78, 5) is 0. The molecule has 2 fully saturated rings. The minimum atomic E-state index is -0.500. The molecule has 0 aliphatic heterocycles. The Morgan fingerprint density at radius 1 is 0.857 bits per heavy atom. The fourth-order valence-corrected chi connectivity index (χ4v) is 5.25. The van der Waals surface area contributed by atoms with Crippen LogP contribution in [-0.4, -0.2) is 0 Å². The van der Waals surface area contributed by atoms with Gasteiger partial charge in [0.05, 0.1) is 5.56 Å². The van der Waals surface area contributed by atoms with E-state index in [4.69, 9.17) is 0 Å². The van der Waals surface area contributed by atoms with Gasteiger partial charge in [0.1, 0.15) is 11.6 Å². The molecule has 0 atom stereocenters. The van der Waals surface area contributed by atoms with Crippen molar-refractivity contribution in [1.82, 2.24) is 0 Å². The molecule has 28 heavy (non-hydrogen) atoms. The summed E-state index contributed by atoms with van der Waals surface area (Å²) >= 11 is 0. The molecule has 0 aromatic heterocycles. The summed E-state index contributed by atoms with van der Waals surface area (Å²) in [6, 6.07) is 2.93. The summed E-state index contributed by atoms with van der Waals surface area (Å²) in [7, 11) is 0. The predicted octanol–water partition coefficient (Wildman–Crippen LogP) is 7.68. The Balaban J connectivity index is 1.54. The van der Waals surface area contributed by atoms with Crippen molar-refractivity contribution in [2.24, 2.45) is 23.7 Å². The summed E-state index contributed by atoms with van der Waals surface area (Å²) in [6.07, 6.45) is 14.3. The average Bonchev–Trinajstić information content (AvgIpc) is 2.72. The molecule has 0 heterocycles. The summed E-state index contributed by atoms with van der Waals surface area (Å²) in [5.41, 5.74) is 0.695. The van der Waals surface area contributed by atoms with Gasteiger partial charge in [-0.1, -0.05) is 51.4 Å². The van der Waals surface area contributed by atoms with Crippen LogP contribution in [0.25, 0.3) is 0 Å². The lowest BCUT2D eigenvalue weighted by molar-refractivity contribution is 0.156. The largest absolute Gasteiger partial charge is 0.206 e. The maximum atomic E-state index is 14.3. The smallest absolute Gasteiger partial charge is 0.142 e. The molecular weight excluding hydrogens is 350 g/mol. The summed E-state index contributed by atoms with van der Waals surface area (Å²) in [5, 5.41) is 0. The van der Waals surface area contributed by atoms with Crippen molar-refractivity contribution in [3.8, 4) is 11.8 Å². The van der Waals surface area contributed by atoms with Gasteiger partial charge in [-0.3, -0.25) is 0 Å². The number of hydrogen-bond acceptors (Lipinski definition) is 0. The van der Waals surface area contributed by atoms with Crippen LogP contribution in [0.5, 0.6) is 0 Å². The van der Waals surface area contributed by atoms with Gasteiger partial charge in [-0.05, 0) is 86.8 Å². The molecule has 2 aliphatic rings. The highest BCUT2D eigenvalue weighted by atomic mass is 19.1. The first kappa shape index (κ1) is 21.4. The maximum Gasteiger partial charge on any atom is 0.142 e. The Morgan fingerprint density at radius 2 is 1.43 bits per heavy atom. The Hall–Kier alpha value is -1.36. The second kappa shape index (κ2) is 10.4. The molecule has 0 amide bonds. The third-order valence-electron chi connectivity index (χ3n) is 7.23. The molecule has 1 aromatic carbocycles. The van der Waals surface area contributed by atoms with Crippen molar-refractivity contribution in [3.05, 3.63) is 34.9 Å². The van der Waals surface area contributed by atoms with Crippen molar-refractivity contribution in [3.63, 3.8) is 0 Å². The minimum absolute atomic E-state index is 0.0414. The quantitative estimate of drug-likeness (QED) is 0.455. The third kappa shape index (κ3) is 5.59. The van der Waals surface area contributed by atoms with Crippen molar-refractivity contribution in [2.75, 3.05) is 0 Å². The van der Waals surface area contributed by atoms with Gasteiger partial charge in [0, 0.05) is 5.92 Å². The lowest BCUT2D eigenvalue weighted by atomic mass is 9.69. The van der Waals surface area contributed by atoms with Crippen molar-refractivity contribution >= 4 is 0 Å². The van der Waals surface area contributed by atoms with Crippen molar-refractivity contribution in [2.45, 2.75) is 90.9 Å². The van der Waals surface area contributed by atoms with E-state index in [2.05, 4.69) is 25.7 Å². The van der Waals surface area contributed by atoms with Crippen molar-refractivity contribution < 1.29 is 8.78 Å². The van der Waals surface area contributed by atoms with Crippen LogP contribution in [0.3, 0.4) is 0 Å². The van der Waals surface area contributed by atoms with E-state index in [9.17, 15) is 8.78 Å². The Kier molecular flexibility index (Phi) is 7.95. The van der Waals surface area contributed by atoms with Crippen LogP contribution in [-0.2, 0) is 6.42 Å². The Bertz CT molecular complexity index is 657. The molecule has 154 valence electrons. The van der Waals surface area contributed by atoms with Gasteiger partial charge in [0.2, 0.25) is 0 Å². The molecular formula is C26H36F2. The molecule has 0 bridgehead atoms. The lowest BCUT2D eigenvalue weighted by Gasteiger charge is -2.36. The molecule has 2 saturated carbocycles. The van der Waals surface area contributed by atoms with Gasteiger partial charge >= 0.3 is 0 Å². The molecule has 0 spiro atoms. The van der Waals surface area contributed by atoms with Crippen LogP contribution in [0.2, 0.25) is 0 Å². The van der Waals surface area contributed by atoms with E-state index >= 15 is 0 Å². The Labute approximate surface area is 170 Å². The minimum Gasteiger partial charge on any atom is -0.206 e. The van der Waals surface area contributed by atoms with Crippen LogP contribution in [0.4, 0.5) is 8.78 Å².